The lowest BCUT2D eigenvalue weighted by Gasteiger charge is -2.21. The number of rotatable bonds is 57. The number of phosphoric ester groups is 2. The van der Waals surface area contributed by atoms with Gasteiger partial charge in [-0.2, -0.15) is 0 Å². The van der Waals surface area contributed by atoms with Crippen LogP contribution in [-0.2, 0) is 65.4 Å². The van der Waals surface area contributed by atoms with Gasteiger partial charge in [0.15, 0.2) is 12.2 Å². The summed E-state index contributed by atoms with van der Waals surface area (Å²) in [7, 11) is -9.86. The van der Waals surface area contributed by atoms with Crippen LogP contribution in [0.15, 0.2) is 0 Å². The van der Waals surface area contributed by atoms with E-state index in [1.54, 1.807) is 0 Å². The second kappa shape index (κ2) is 51.2. The number of carbonyl (C=O) groups is 4. The Morgan fingerprint density at radius 3 is 0.895 bits per heavy atom. The molecular weight excluding hydrogens is 1020 g/mol. The summed E-state index contributed by atoms with van der Waals surface area (Å²) in [4.78, 5) is 71.5. The SMILES string of the molecule is CCCCCCCCCCCCCCC(=O)OC[C@H](COP(=O)(O)OC[C@@H](O)COP(=O)(O)OC[C@@H](COC(=O)CCCCCCC)OC(=O)CCCCCCCCC)OC(=O)CCCCCCCCCCCC(C)C. The first-order chi connectivity index (χ1) is 36.5. The topological polar surface area (TPSA) is 237 Å². The van der Waals surface area contributed by atoms with Crippen LogP contribution in [0.1, 0.15) is 279 Å². The molecule has 0 spiro atoms. The van der Waals surface area contributed by atoms with E-state index in [4.69, 9.17) is 37.0 Å². The number of hydrogen-bond donors (Lipinski definition) is 3. The molecule has 0 rings (SSSR count). The molecule has 0 aliphatic carbocycles. The summed E-state index contributed by atoms with van der Waals surface area (Å²) in [6, 6.07) is 0. The van der Waals surface area contributed by atoms with Crippen molar-refractivity contribution < 1.29 is 80.2 Å². The molecule has 0 saturated heterocycles. The van der Waals surface area contributed by atoms with Crippen LogP contribution in [0.25, 0.3) is 0 Å². The van der Waals surface area contributed by atoms with E-state index >= 15 is 0 Å². The minimum Gasteiger partial charge on any atom is -0.462 e. The van der Waals surface area contributed by atoms with Crippen molar-refractivity contribution in [1.29, 1.82) is 0 Å². The fraction of sp³-hybridized carbons (Fsp3) is 0.930. The number of unbranched alkanes of at least 4 members (excludes halogenated alkanes) is 29. The predicted octanol–water partition coefficient (Wildman–Crippen LogP) is 15.1. The Kier molecular flexibility index (Phi) is 49.9. The van der Waals surface area contributed by atoms with Gasteiger partial charge in [-0.05, 0) is 31.6 Å². The number of aliphatic hydroxyl groups excluding tert-OH is 1. The highest BCUT2D eigenvalue weighted by Gasteiger charge is 2.30. The van der Waals surface area contributed by atoms with Crippen molar-refractivity contribution in [2.24, 2.45) is 5.92 Å². The second-order valence-electron chi connectivity index (χ2n) is 21.2. The molecule has 0 aromatic rings. The molecule has 0 saturated carbocycles. The first-order valence-electron chi connectivity index (χ1n) is 30.1. The smallest absolute Gasteiger partial charge is 0.462 e. The molecule has 17 nitrogen and oxygen atoms in total. The molecule has 3 N–H and O–H groups in total. The van der Waals surface area contributed by atoms with Crippen molar-refractivity contribution in [2.75, 3.05) is 39.6 Å². The third kappa shape index (κ3) is 51.5. The Morgan fingerprint density at radius 1 is 0.355 bits per heavy atom. The van der Waals surface area contributed by atoms with Gasteiger partial charge in [-0.1, -0.05) is 227 Å². The third-order valence-corrected chi connectivity index (χ3v) is 14.9. The quantitative estimate of drug-likeness (QED) is 0.0222. The van der Waals surface area contributed by atoms with Crippen LogP contribution in [0.5, 0.6) is 0 Å². The molecule has 450 valence electrons. The molecule has 5 atom stereocenters. The monoisotopic (exact) mass is 1130 g/mol. The molecule has 0 aliphatic rings. The summed E-state index contributed by atoms with van der Waals surface area (Å²) in [5.74, 6) is -1.42. The van der Waals surface area contributed by atoms with Gasteiger partial charge in [0.1, 0.15) is 19.3 Å². The largest absolute Gasteiger partial charge is 0.472 e. The zero-order valence-corrected chi connectivity index (χ0v) is 50.2. The van der Waals surface area contributed by atoms with E-state index in [9.17, 15) is 43.2 Å². The molecule has 0 fully saturated rings. The fourth-order valence-electron chi connectivity index (χ4n) is 8.34. The van der Waals surface area contributed by atoms with Crippen molar-refractivity contribution in [1.82, 2.24) is 0 Å². The van der Waals surface area contributed by atoms with Gasteiger partial charge in [-0.3, -0.25) is 37.3 Å². The number of hydrogen-bond acceptors (Lipinski definition) is 15. The van der Waals surface area contributed by atoms with Crippen molar-refractivity contribution >= 4 is 39.5 Å². The van der Waals surface area contributed by atoms with E-state index in [1.165, 1.54) is 83.5 Å². The van der Waals surface area contributed by atoms with Gasteiger partial charge in [0.05, 0.1) is 26.4 Å². The standard InChI is InChI=1S/C57H110O17P2/c1-6-9-12-15-17-18-19-20-23-27-31-36-41-55(60)68-47-53(74-57(62)43-38-33-28-24-21-22-26-30-34-39-50(4)5)49-72-76(65,66)70-45-51(58)44-69-75(63,64)71-48-52(46-67-54(59)40-35-29-14-11-8-3)73-56(61)42-37-32-25-16-13-10-7-2/h50-53,58H,6-49H2,1-5H3,(H,63,64)(H,65,66)/t51-,52+,53+/m0/s1. The Bertz CT molecular complexity index is 1500. The zero-order valence-electron chi connectivity index (χ0n) is 48.4. The van der Waals surface area contributed by atoms with Crippen molar-refractivity contribution in [3.8, 4) is 0 Å². The average Bonchev–Trinajstić information content (AvgIpc) is 3.38. The highest BCUT2D eigenvalue weighted by molar-refractivity contribution is 7.47. The Hall–Kier alpha value is -1.94. The van der Waals surface area contributed by atoms with Gasteiger partial charge in [0.2, 0.25) is 0 Å². The molecule has 0 amide bonds. The lowest BCUT2D eigenvalue weighted by atomic mass is 10.0. The van der Waals surface area contributed by atoms with Crippen LogP contribution in [0.2, 0.25) is 0 Å². The third-order valence-electron chi connectivity index (χ3n) is 13.0. The maximum atomic E-state index is 12.9. The van der Waals surface area contributed by atoms with Crippen LogP contribution in [0.4, 0.5) is 0 Å². The van der Waals surface area contributed by atoms with Crippen LogP contribution in [-0.4, -0.2) is 96.7 Å². The van der Waals surface area contributed by atoms with Crippen LogP contribution < -0.4 is 0 Å². The molecule has 0 radical (unpaired) electrons. The number of aliphatic hydroxyl groups is 1. The minimum atomic E-state index is -4.93. The molecule has 2 unspecified atom stereocenters. The first-order valence-corrected chi connectivity index (χ1v) is 33.1. The van der Waals surface area contributed by atoms with Gasteiger partial charge in [-0.15, -0.1) is 0 Å². The molecule has 76 heavy (non-hydrogen) atoms. The van der Waals surface area contributed by atoms with Crippen molar-refractivity contribution in [3.05, 3.63) is 0 Å². The minimum absolute atomic E-state index is 0.103. The summed E-state index contributed by atoms with van der Waals surface area (Å²) in [6.45, 7) is 6.98. The summed E-state index contributed by atoms with van der Waals surface area (Å²) in [5.41, 5.74) is 0. The van der Waals surface area contributed by atoms with Crippen molar-refractivity contribution in [2.45, 2.75) is 297 Å². The highest BCUT2D eigenvalue weighted by atomic mass is 31.2. The maximum Gasteiger partial charge on any atom is 0.472 e. The van der Waals surface area contributed by atoms with Gasteiger partial charge >= 0.3 is 39.5 Å². The number of ether oxygens (including phenoxy) is 4. The molecule has 19 heteroatoms. The van der Waals surface area contributed by atoms with Gasteiger partial charge in [0, 0.05) is 25.7 Å². The van der Waals surface area contributed by atoms with E-state index in [-0.39, 0.29) is 25.7 Å². The molecule has 0 aromatic carbocycles. The predicted molar refractivity (Wildman–Crippen MR) is 298 cm³/mol. The Balaban J connectivity index is 5.17. The van der Waals surface area contributed by atoms with Crippen LogP contribution >= 0.6 is 15.6 Å². The molecular formula is C57H110O17P2. The Morgan fingerprint density at radius 2 is 0.605 bits per heavy atom. The lowest BCUT2D eigenvalue weighted by Crippen LogP contribution is -2.30. The number of carbonyl (C=O) groups excluding carboxylic acids is 4. The maximum absolute atomic E-state index is 12.9. The fourth-order valence-corrected chi connectivity index (χ4v) is 9.92. The molecule has 0 aliphatic heterocycles. The summed E-state index contributed by atoms with van der Waals surface area (Å²) < 4.78 is 67.4. The number of esters is 4. The molecule has 0 heterocycles. The normalized spacial score (nSPS) is 14.4. The summed E-state index contributed by atoms with van der Waals surface area (Å²) in [5, 5.41) is 10.5. The van der Waals surface area contributed by atoms with Crippen LogP contribution in [0, 0.1) is 5.92 Å². The summed E-state index contributed by atoms with van der Waals surface area (Å²) >= 11 is 0. The van der Waals surface area contributed by atoms with Crippen molar-refractivity contribution in [3.63, 3.8) is 0 Å². The van der Waals surface area contributed by atoms with Gasteiger partial charge in [-0.25, -0.2) is 9.13 Å². The average molecular weight is 1130 g/mol. The van der Waals surface area contributed by atoms with E-state index in [0.29, 0.717) is 25.7 Å². The highest BCUT2D eigenvalue weighted by Crippen LogP contribution is 2.45. The first kappa shape index (κ1) is 74.1. The van der Waals surface area contributed by atoms with E-state index < -0.39 is 97.5 Å². The van der Waals surface area contributed by atoms with Crippen LogP contribution in [0.3, 0.4) is 0 Å². The Labute approximate surface area is 460 Å². The molecule has 0 bridgehead atoms. The van der Waals surface area contributed by atoms with Gasteiger partial charge in [0.25, 0.3) is 0 Å². The van der Waals surface area contributed by atoms with Gasteiger partial charge < -0.3 is 33.8 Å². The van der Waals surface area contributed by atoms with E-state index in [1.807, 2.05) is 0 Å². The second-order valence-corrected chi connectivity index (χ2v) is 24.1. The van der Waals surface area contributed by atoms with E-state index in [0.717, 1.165) is 115 Å². The number of phosphoric acid groups is 2. The zero-order chi connectivity index (χ0) is 56.4. The van der Waals surface area contributed by atoms with E-state index in [2.05, 4.69) is 34.6 Å². The summed E-state index contributed by atoms with van der Waals surface area (Å²) in [6.07, 6.45) is 32.5. The molecule has 0 aromatic heterocycles. The lowest BCUT2D eigenvalue weighted by molar-refractivity contribution is -0.161.